The van der Waals surface area contributed by atoms with Gasteiger partial charge in [-0.15, -0.1) is 0 Å². The van der Waals surface area contributed by atoms with E-state index in [0.717, 1.165) is 0 Å². The first-order chi connectivity index (χ1) is 7.50. The molecule has 0 saturated carbocycles. The van der Waals surface area contributed by atoms with Crippen LogP contribution in [0.25, 0.3) is 0 Å². The number of aryl methyl sites for hydroxylation is 1. The smallest absolute Gasteiger partial charge is 0.216 e. The third-order valence-electron chi connectivity index (χ3n) is 2.22. The molecule has 16 heavy (non-hydrogen) atoms. The van der Waals surface area contributed by atoms with E-state index in [0.29, 0.717) is 12.2 Å². The van der Waals surface area contributed by atoms with Gasteiger partial charge in [0, 0.05) is 26.7 Å². The second-order valence-corrected chi connectivity index (χ2v) is 3.70. The van der Waals surface area contributed by atoms with Crippen molar-refractivity contribution in [2.24, 2.45) is 7.05 Å². The molecule has 90 valence electrons. The highest BCUT2D eigenvalue weighted by Crippen LogP contribution is 2.16. The Morgan fingerprint density at radius 1 is 1.62 bits per heavy atom. The van der Waals surface area contributed by atoms with Crippen LogP contribution in [-0.2, 0) is 11.8 Å². The van der Waals surface area contributed by atoms with Crippen molar-refractivity contribution in [1.82, 2.24) is 15.1 Å². The molecule has 1 heterocycles. The molecule has 0 fully saturated rings. The maximum absolute atomic E-state index is 10.6. The number of aromatic nitrogens is 2. The largest absolute Gasteiger partial charge is 0.390 e. The van der Waals surface area contributed by atoms with E-state index in [9.17, 15) is 15.0 Å². The van der Waals surface area contributed by atoms with Crippen LogP contribution in [-0.4, -0.2) is 38.5 Å². The molecule has 2 unspecified atom stereocenters. The summed E-state index contributed by atoms with van der Waals surface area (Å²) in [6, 6.07) is 1.65. The summed E-state index contributed by atoms with van der Waals surface area (Å²) in [7, 11) is 1.74. The Morgan fingerprint density at radius 2 is 2.31 bits per heavy atom. The Balaban J connectivity index is 2.41. The lowest BCUT2D eigenvalue weighted by Gasteiger charge is -2.15. The van der Waals surface area contributed by atoms with Crippen LogP contribution >= 0.6 is 0 Å². The van der Waals surface area contributed by atoms with Crippen molar-refractivity contribution in [1.29, 1.82) is 0 Å². The SMILES string of the molecule is CC(=O)NCCC(O)C(O)c1ccn(C)n1. The Bertz CT molecular complexity index is 351. The summed E-state index contributed by atoms with van der Waals surface area (Å²) in [5, 5.41) is 25.9. The van der Waals surface area contributed by atoms with Crippen molar-refractivity contribution in [3.05, 3.63) is 18.0 Å². The fraction of sp³-hybridized carbons (Fsp3) is 0.600. The zero-order valence-electron chi connectivity index (χ0n) is 9.42. The maximum atomic E-state index is 10.6. The summed E-state index contributed by atoms with van der Waals surface area (Å²) in [6.45, 7) is 1.74. The predicted molar refractivity (Wildman–Crippen MR) is 57.5 cm³/mol. The second kappa shape index (κ2) is 5.62. The molecular formula is C10H17N3O3. The topological polar surface area (TPSA) is 87.4 Å². The summed E-state index contributed by atoms with van der Waals surface area (Å²) < 4.78 is 1.55. The molecule has 0 aliphatic rings. The number of hydrogen-bond donors (Lipinski definition) is 3. The number of aliphatic hydroxyl groups excluding tert-OH is 2. The number of carbonyl (C=O) groups excluding carboxylic acids is 1. The molecule has 2 atom stereocenters. The first-order valence-corrected chi connectivity index (χ1v) is 5.11. The van der Waals surface area contributed by atoms with Gasteiger partial charge in [0.05, 0.1) is 11.8 Å². The van der Waals surface area contributed by atoms with Crippen molar-refractivity contribution in [3.8, 4) is 0 Å². The molecule has 0 spiro atoms. The van der Waals surface area contributed by atoms with E-state index >= 15 is 0 Å². The van der Waals surface area contributed by atoms with Crippen molar-refractivity contribution >= 4 is 5.91 Å². The average Bonchev–Trinajstić information content (AvgIpc) is 2.63. The minimum absolute atomic E-state index is 0.153. The molecule has 0 radical (unpaired) electrons. The number of nitrogens with one attached hydrogen (secondary N) is 1. The van der Waals surface area contributed by atoms with Gasteiger partial charge < -0.3 is 15.5 Å². The summed E-state index contributed by atoms with van der Waals surface area (Å²) >= 11 is 0. The molecule has 1 aromatic heterocycles. The highest BCUT2D eigenvalue weighted by molar-refractivity contribution is 5.72. The van der Waals surface area contributed by atoms with Gasteiger partial charge in [-0.25, -0.2) is 0 Å². The van der Waals surface area contributed by atoms with Gasteiger partial charge >= 0.3 is 0 Å². The highest BCUT2D eigenvalue weighted by Gasteiger charge is 2.20. The molecule has 0 bridgehead atoms. The normalized spacial score (nSPS) is 14.5. The molecule has 0 aromatic carbocycles. The number of aliphatic hydroxyl groups is 2. The molecule has 0 aliphatic heterocycles. The number of amides is 1. The van der Waals surface area contributed by atoms with Crippen LogP contribution in [0.4, 0.5) is 0 Å². The Labute approximate surface area is 93.9 Å². The Hall–Kier alpha value is -1.40. The van der Waals surface area contributed by atoms with Crippen molar-refractivity contribution in [3.63, 3.8) is 0 Å². The summed E-state index contributed by atoms with van der Waals surface area (Å²) in [5.41, 5.74) is 0.429. The zero-order chi connectivity index (χ0) is 12.1. The van der Waals surface area contributed by atoms with Crippen LogP contribution in [0.1, 0.15) is 25.1 Å². The van der Waals surface area contributed by atoms with Crippen LogP contribution in [0.3, 0.4) is 0 Å². The second-order valence-electron chi connectivity index (χ2n) is 3.70. The molecule has 1 rings (SSSR count). The van der Waals surface area contributed by atoms with E-state index in [2.05, 4.69) is 10.4 Å². The quantitative estimate of drug-likeness (QED) is 0.623. The van der Waals surface area contributed by atoms with E-state index in [1.54, 1.807) is 24.0 Å². The van der Waals surface area contributed by atoms with Crippen molar-refractivity contribution in [2.45, 2.75) is 25.6 Å². The molecule has 6 heteroatoms. The third kappa shape index (κ3) is 3.63. The van der Waals surface area contributed by atoms with Crippen LogP contribution in [0.2, 0.25) is 0 Å². The molecule has 1 aromatic rings. The van der Waals surface area contributed by atoms with Gasteiger partial charge in [0.15, 0.2) is 0 Å². The number of carbonyl (C=O) groups is 1. The van der Waals surface area contributed by atoms with Crippen LogP contribution in [0.5, 0.6) is 0 Å². The molecule has 1 amide bonds. The predicted octanol–water partition coefficient (Wildman–Crippen LogP) is -0.659. The van der Waals surface area contributed by atoms with Gasteiger partial charge in [0.1, 0.15) is 6.10 Å². The monoisotopic (exact) mass is 227 g/mol. The summed E-state index contributed by atoms with van der Waals surface area (Å²) in [5.74, 6) is -0.153. The van der Waals surface area contributed by atoms with Crippen LogP contribution in [0.15, 0.2) is 12.3 Å². The van der Waals surface area contributed by atoms with Gasteiger partial charge in [-0.05, 0) is 12.5 Å². The summed E-state index contributed by atoms with van der Waals surface area (Å²) in [4.78, 5) is 10.6. The van der Waals surface area contributed by atoms with E-state index < -0.39 is 12.2 Å². The first-order valence-electron chi connectivity index (χ1n) is 5.11. The Morgan fingerprint density at radius 3 is 2.81 bits per heavy atom. The Kier molecular flexibility index (Phi) is 4.45. The first kappa shape index (κ1) is 12.7. The third-order valence-corrected chi connectivity index (χ3v) is 2.22. The van der Waals surface area contributed by atoms with Gasteiger partial charge in [-0.1, -0.05) is 0 Å². The lowest BCUT2D eigenvalue weighted by molar-refractivity contribution is -0.119. The van der Waals surface area contributed by atoms with Gasteiger partial charge in [-0.3, -0.25) is 9.48 Å². The van der Waals surface area contributed by atoms with E-state index in [-0.39, 0.29) is 12.3 Å². The minimum Gasteiger partial charge on any atom is -0.390 e. The summed E-state index contributed by atoms with van der Waals surface area (Å²) in [6.07, 6.45) is 0.0351. The van der Waals surface area contributed by atoms with Gasteiger partial charge in [0.2, 0.25) is 5.91 Å². The molecule has 3 N–H and O–H groups in total. The fourth-order valence-electron chi connectivity index (χ4n) is 1.34. The fourth-order valence-corrected chi connectivity index (χ4v) is 1.34. The standard InChI is InChI=1S/C10H17N3O3/c1-7(14)11-5-3-9(15)10(16)8-4-6-13(2)12-8/h4,6,9-10,15-16H,3,5H2,1-2H3,(H,11,14). The maximum Gasteiger partial charge on any atom is 0.216 e. The molecule has 0 aliphatic carbocycles. The molecule has 0 saturated heterocycles. The average molecular weight is 227 g/mol. The lowest BCUT2D eigenvalue weighted by Crippen LogP contribution is -2.27. The molecular weight excluding hydrogens is 210 g/mol. The van der Waals surface area contributed by atoms with Crippen LogP contribution in [0, 0.1) is 0 Å². The number of hydrogen-bond acceptors (Lipinski definition) is 4. The zero-order valence-corrected chi connectivity index (χ0v) is 9.42. The van der Waals surface area contributed by atoms with Gasteiger partial charge in [0.25, 0.3) is 0 Å². The van der Waals surface area contributed by atoms with Crippen molar-refractivity contribution < 1.29 is 15.0 Å². The van der Waals surface area contributed by atoms with Crippen molar-refractivity contribution in [2.75, 3.05) is 6.54 Å². The lowest BCUT2D eigenvalue weighted by atomic mass is 10.1. The van der Waals surface area contributed by atoms with Gasteiger partial charge in [-0.2, -0.15) is 5.10 Å². The van der Waals surface area contributed by atoms with E-state index in [1.165, 1.54) is 6.92 Å². The number of rotatable bonds is 5. The van der Waals surface area contributed by atoms with E-state index in [1.807, 2.05) is 0 Å². The van der Waals surface area contributed by atoms with Crippen LogP contribution < -0.4 is 5.32 Å². The molecule has 6 nitrogen and oxygen atoms in total. The highest BCUT2D eigenvalue weighted by atomic mass is 16.3. The van der Waals surface area contributed by atoms with E-state index in [4.69, 9.17) is 0 Å². The minimum atomic E-state index is -1.02. The number of nitrogens with zero attached hydrogens (tertiary/aromatic N) is 2.